The summed E-state index contributed by atoms with van der Waals surface area (Å²) in [5, 5.41) is 3.50. The van der Waals surface area contributed by atoms with Gasteiger partial charge in [-0.15, -0.1) is 0 Å². The molecule has 1 N–H and O–H groups in total. The summed E-state index contributed by atoms with van der Waals surface area (Å²) in [7, 11) is 1.70. The molecule has 0 amide bonds. The average molecular weight is 253 g/mol. The van der Waals surface area contributed by atoms with E-state index in [2.05, 4.69) is 30.6 Å². The van der Waals surface area contributed by atoms with Crippen LogP contribution in [0.15, 0.2) is 24.3 Å². The Kier molecular flexibility index (Phi) is 7.13. The zero-order valence-corrected chi connectivity index (χ0v) is 11.8. The molecule has 0 heterocycles. The fraction of sp³-hybridized carbons (Fsp3) is 0.571. The number of thioether (sulfide) groups is 1. The monoisotopic (exact) mass is 253 g/mol. The molecular weight excluding hydrogens is 230 g/mol. The van der Waals surface area contributed by atoms with Crippen LogP contribution >= 0.6 is 11.8 Å². The first kappa shape index (κ1) is 14.4. The van der Waals surface area contributed by atoms with Crippen molar-refractivity contribution in [2.45, 2.75) is 13.3 Å². The maximum atomic E-state index is 5.14. The fourth-order valence-electron chi connectivity index (χ4n) is 1.72. The summed E-state index contributed by atoms with van der Waals surface area (Å²) < 4.78 is 5.14. The van der Waals surface area contributed by atoms with Crippen molar-refractivity contribution in [2.24, 2.45) is 5.92 Å². The molecule has 0 radical (unpaired) electrons. The maximum Gasteiger partial charge on any atom is 0.118 e. The lowest BCUT2D eigenvalue weighted by Crippen LogP contribution is -2.24. The van der Waals surface area contributed by atoms with Gasteiger partial charge < -0.3 is 10.1 Å². The minimum atomic E-state index is 0.751. The predicted molar refractivity (Wildman–Crippen MR) is 77.1 cm³/mol. The van der Waals surface area contributed by atoms with Gasteiger partial charge >= 0.3 is 0 Å². The Morgan fingerprint density at radius 2 is 2.00 bits per heavy atom. The zero-order chi connectivity index (χ0) is 12.5. The predicted octanol–water partition coefficient (Wildman–Crippen LogP) is 2.83. The standard InChI is InChI=1S/C14H23NOS/c1-12(11-17-3)10-15-9-8-13-4-6-14(16-2)7-5-13/h4-7,12,15H,8-11H2,1-3H3. The van der Waals surface area contributed by atoms with E-state index in [4.69, 9.17) is 4.74 Å². The van der Waals surface area contributed by atoms with Crippen LogP contribution in [0.1, 0.15) is 12.5 Å². The van der Waals surface area contributed by atoms with Gasteiger partial charge in [0.05, 0.1) is 7.11 Å². The van der Waals surface area contributed by atoms with Crippen LogP contribution in [0.3, 0.4) is 0 Å². The molecule has 1 atom stereocenters. The van der Waals surface area contributed by atoms with E-state index in [0.29, 0.717) is 0 Å². The lowest BCUT2D eigenvalue weighted by molar-refractivity contribution is 0.414. The molecule has 0 aliphatic carbocycles. The molecule has 0 bridgehead atoms. The Hall–Kier alpha value is -0.670. The summed E-state index contributed by atoms with van der Waals surface area (Å²) in [6.07, 6.45) is 3.24. The zero-order valence-electron chi connectivity index (χ0n) is 11.0. The van der Waals surface area contributed by atoms with Crippen molar-refractivity contribution in [3.8, 4) is 5.75 Å². The topological polar surface area (TPSA) is 21.3 Å². The van der Waals surface area contributed by atoms with E-state index in [1.807, 2.05) is 23.9 Å². The summed E-state index contributed by atoms with van der Waals surface area (Å²) in [6, 6.07) is 8.30. The van der Waals surface area contributed by atoms with E-state index < -0.39 is 0 Å². The van der Waals surface area contributed by atoms with Gasteiger partial charge in [-0.05, 0) is 55.1 Å². The Morgan fingerprint density at radius 1 is 1.29 bits per heavy atom. The van der Waals surface area contributed by atoms with Crippen molar-refractivity contribution < 1.29 is 4.74 Å². The molecule has 96 valence electrons. The number of benzene rings is 1. The van der Waals surface area contributed by atoms with E-state index >= 15 is 0 Å². The largest absolute Gasteiger partial charge is 0.497 e. The van der Waals surface area contributed by atoms with Gasteiger partial charge in [-0.25, -0.2) is 0 Å². The summed E-state index contributed by atoms with van der Waals surface area (Å²) in [4.78, 5) is 0. The second-order valence-electron chi connectivity index (χ2n) is 4.36. The third-order valence-corrected chi connectivity index (χ3v) is 3.60. The lowest BCUT2D eigenvalue weighted by atomic mass is 10.1. The first-order chi connectivity index (χ1) is 8.26. The lowest BCUT2D eigenvalue weighted by Gasteiger charge is -2.11. The molecule has 1 aromatic rings. The van der Waals surface area contributed by atoms with Crippen LogP contribution in [-0.4, -0.2) is 32.2 Å². The van der Waals surface area contributed by atoms with E-state index in [1.165, 1.54) is 11.3 Å². The summed E-state index contributed by atoms with van der Waals surface area (Å²) in [5.74, 6) is 2.91. The van der Waals surface area contributed by atoms with Gasteiger partial charge in [0.15, 0.2) is 0 Å². The van der Waals surface area contributed by atoms with Crippen molar-refractivity contribution in [1.29, 1.82) is 0 Å². The number of rotatable bonds is 8. The van der Waals surface area contributed by atoms with Crippen LogP contribution in [-0.2, 0) is 6.42 Å². The molecule has 0 saturated carbocycles. The highest BCUT2D eigenvalue weighted by Crippen LogP contribution is 2.11. The van der Waals surface area contributed by atoms with Crippen molar-refractivity contribution in [2.75, 3.05) is 32.2 Å². The maximum absolute atomic E-state index is 5.14. The van der Waals surface area contributed by atoms with Crippen molar-refractivity contribution in [3.63, 3.8) is 0 Å². The van der Waals surface area contributed by atoms with E-state index in [-0.39, 0.29) is 0 Å². The molecular formula is C14H23NOS. The van der Waals surface area contributed by atoms with Crippen LogP contribution in [0.2, 0.25) is 0 Å². The van der Waals surface area contributed by atoms with Gasteiger partial charge in [-0.2, -0.15) is 11.8 Å². The van der Waals surface area contributed by atoms with Crippen LogP contribution in [0.25, 0.3) is 0 Å². The number of ether oxygens (including phenoxy) is 1. The smallest absolute Gasteiger partial charge is 0.118 e. The van der Waals surface area contributed by atoms with Gasteiger partial charge in [0.2, 0.25) is 0 Å². The molecule has 0 aliphatic heterocycles. The van der Waals surface area contributed by atoms with Gasteiger partial charge in [0, 0.05) is 0 Å². The molecule has 0 aliphatic rings. The molecule has 1 rings (SSSR count). The quantitative estimate of drug-likeness (QED) is 0.720. The van der Waals surface area contributed by atoms with Gasteiger partial charge in [-0.1, -0.05) is 19.1 Å². The number of hydrogen-bond acceptors (Lipinski definition) is 3. The average Bonchev–Trinajstić information content (AvgIpc) is 2.36. The van der Waals surface area contributed by atoms with Gasteiger partial charge in [0.1, 0.15) is 5.75 Å². The Balaban J connectivity index is 2.17. The van der Waals surface area contributed by atoms with E-state index in [1.54, 1.807) is 7.11 Å². The number of hydrogen-bond donors (Lipinski definition) is 1. The highest BCUT2D eigenvalue weighted by molar-refractivity contribution is 7.98. The fourth-order valence-corrected chi connectivity index (χ4v) is 2.40. The van der Waals surface area contributed by atoms with E-state index in [9.17, 15) is 0 Å². The molecule has 2 nitrogen and oxygen atoms in total. The third-order valence-electron chi connectivity index (χ3n) is 2.69. The van der Waals surface area contributed by atoms with Crippen LogP contribution in [0.5, 0.6) is 5.75 Å². The molecule has 0 aromatic heterocycles. The molecule has 17 heavy (non-hydrogen) atoms. The SMILES string of the molecule is COc1ccc(CCNCC(C)CSC)cc1. The Labute approximate surface area is 109 Å². The molecule has 3 heteroatoms. The highest BCUT2D eigenvalue weighted by atomic mass is 32.2. The third kappa shape index (κ3) is 5.99. The molecule has 0 fully saturated rings. The Morgan fingerprint density at radius 3 is 2.59 bits per heavy atom. The first-order valence-electron chi connectivity index (χ1n) is 6.09. The summed E-state index contributed by atoms with van der Waals surface area (Å²) >= 11 is 1.91. The van der Waals surface area contributed by atoms with Gasteiger partial charge in [0.25, 0.3) is 0 Å². The van der Waals surface area contributed by atoms with Crippen molar-refractivity contribution in [3.05, 3.63) is 29.8 Å². The van der Waals surface area contributed by atoms with E-state index in [0.717, 1.165) is 31.2 Å². The molecule has 1 aromatic carbocycles. The normalized spacial score (nSPS) is 12.4. The summed E-state index contributed by atoms with van der Waals surface area (Å²) in [6.45, 7) is 4.44. The highest BCUT2D eigenvalue weighted by Gasteiger charge is 2.00. The van der Waals surface area contributed by atoms with Gasteiger partial charge in [-0.3, -0.25) is 0 Å². The van der Waals surface area contributed by atoms with Crippen molar-refractivity contribution >= 4 is 11.8 Å². The number of nitrogens with one attached hydrogen (secondary N) is 1. The first-order valence-corrected chi connectivity index (χ1v) is 7.48. The molecule has 0 spiro atoms. The van der Waals surface area contributed by atoms with Crippen LogP contribution in [0.4, 0.5) is 0 Å². The van der Waals surface area contributed by atoms with Crippen molar-refractivity contribution in [1.82, 2.24) is 5.32 Å². The second kappa shape index (κ2) is 8.43. The van der Waals surface area contributed by atoms with Crippen LogP contribution < -0.4 is 10.1 Å². The summed E-state index contributed by atoms with van der Waals surface area (Å²) in [5.41, 5.74) is 1.36. The second-order valence-corrected chi connectivity index (χ2v) is 5.27. The molecule has 0 saturated heterocycles. The Bertz CT molecular complexity index is 300. The molecule has 1 unspecified atom stereocenters. The minimum absolute atomic E-state index is 0.751. The van der Waals surface area contributed by atoms with Crippen LogP contribution in [0, 0.1) is 5.92 Å². The number of methoxy groups -OCH3 is 1. The minimum Gasteiger partial charge on any atom is -0.497 e.